The average molecular weight is 263 g/mol. The van der Waals surface area contributed by atoms with Gasteiger partial charge in [-0.25, -0.2) is 4.39 Å². The van der Waals surface area contributed by atoms with Crippen molar-refractivity contribution in [1.29, 1.82) is 0 Å². The van der Waals surface area contributed by atoms with E-state index in [0.717, 1.165) is 18.4 Å². The van der Waals surface area contributed by atoms with Gasteiger partial charge < -0.3 is 5.32 Å². The molecule has 19 heavy (non-hydrogen) atoms. The molecule has 0 spiro atoms. The molecule has 1 aromatic rings. The quantitative estimate of drug-likeness (QED) is 0.778. The van der Waals surface area contributed by atoms with Crippen LogP contribution in [0.15, 0.2) is 18.2 Å². The van der Waals surface area contributed by atoms with Gasteiger partial charge in [-0.05, 0) is 54.7 Å². The van der Waals surface area contributed by atoms with Gasteiger partial charge in [-0.3, -0.25) is 0 Å². The van der Waals surface area contributed by atoms with Crippen LogP contribution in [0.2, 0.25) is 0 Å². The largest absolute Gasteiger partial charge is 0.380 e. The van der Waals surface area contributed by atoms with Gasteiger partial charge in [0, 0.05) is 6.04 Å². The second kappa shape index (κ2) is 4.81. The van der Waals surface area contributed by atoms with Crippen LogP contribution in [0, 0.1) is 23.6 Å². The Hall–Kier alpha value is -1.05. The molecule has 0 saturated heterocycles. The molecule has 0 bridgehead atoms. The first-order valence-electron chi connectivity index (χ1n) is 7.20. The smallest absolute Gasteiger partial charge is 0.146 e. The van der Waals surface area contributed by atoms with E-state index in [-0.39, 0.29) is 5.82 Å². The molecule has 2 heteroatoms. The third-order valence-corrected chi connectivity index (χ3v) is 4.04. The van der Waals surface area contributed by atoms with Crippen LogP contribution in [0.25, 0.3) is 0 Å². The fourth-order valence-corrected chi connectivity index (χ4v) is 3.91. The summed E-state index contributed by atoms with van der Waals surface area (Å²) in [6.45, 7) is 11.2. The van der Waals surface area contributed by atoms with Gasteiger partial charge in [-0.15, -0.1) is 0 Å². The number of rotatable bonds is 2. The molecule has 0 unspecified atom stereocenters. The SMILES string of the molecule is Cc1ccc(NC2CC(C)(C)CC(C)(C)C2)c(F)c1. The van der Waals surface area contributed by atoms with Crippen molar-refractivity contribution in [2.45, 2.75) is 59.9 Å². The highest BCUT2D eigenvalue weighted by Gasteiger charge is 2.38. The minimum atomic E-state index is -0.138. The van der Waals surface area contributed by atoms with Crippen molar-refractivity contribution in [3.05, 3.63) is 29.6 Å². The minimum absolute atomic E-state index is 0.138. The predicted octanol–water partition coefficient (Wildman–Crippen LogP) is 5.15. The molecule has 0 atom stereocenters. The summed E-state index contributed by atoms with van der Waals surface area (Å²) in [5, 5.41) is 3.41. The summed E-state index contributed by atoms with van der Waals surface area (Å²) >= 11 is 0. The molecule has 106 valence electrons. The van der Waals surface area contributed by atoms with E-state index >= 15 is 0 Å². The van der Waals surface area contributed by atoms with Crippen molar-refractivity contribution < 1.29 is 4.39 Å². The van der Waals surface area contributed by atoms with E-state index in [9.17, 15) is 4.39 Å². The van der Waals surface area contributed by atoms with E-state index in [1.54, 1.807) is 6.07 Å². The molecule has 0 heterocycles. The van der Waals surface area contributed by atoms with E-state index < -0.39 is 0 Å². The lowest BCUT2D eigenvalue weighted by atomic mass is 9.63. The molecule has 0 amide bonds. The van der Waals surface area contributed by atoms with Gasteiger partial charge in [-0.1, -0.05) is 33.8 Å². The summed E-state index contributed by atoms with van der Waals surface area (Å²) in [5.74, 6) is -0.138. The molecule has 1 aliphatic rings. The fraction of sp³-hybridized carbons (Fsp3) is 0.647. The van der Waals surface area contributed by atoms with E-state index in [4.69, 9.17) is 0 Å². The van der Waals surface area contributed by atoms with Crippen LogP contribution in [0.3, 0.4) is 0 Å². The first kappa shape index (κ1) is 14.4. The monoisotopic (exact) mass is 263 g/mol. The van der Waals surface area contributed by atoms with E-state index in [2.05, 4.69) is 33.0 Å². The molecule has 2 rings (SSSR count). The fourth-order valence-electron chi connectivity index (χ4n) is 3.91. The number of aryl methyl sites for hydroxylation is 1. The Balaban J connectivity index is 2.14. The Bertz CT molecular complexity index is 446. The molecule has 1 aliphatic carbocycles. The molecule has 1 fully saturated rings. The van der Waals surface area contributed by atoms with E-state index in [1.807, 2.05) is 19.1 Å². The maximum atomic E-state index is 13.9. The van der Waals surface area contributed by atoms with Crippen molar-refractivity contribution in [3.63, 3.8) is 0 Å². The number of hydrogen-bond donors (Lipinski definition) is 1. The Morgan fingerprint density at radius 3 is 2.21 bits per heavy atom. The van der Waals surface area contributed by atoms with E-state index in [1.165, 1.54) is 6.42 Å². The van der Waals surface area contributed by atoms with Crippen molar-refractivity contribution in [1.82, 2.24) is 0 Å². The summed E-state index contributed by atoms with van der Waals surface area (Å²) in [6, 6.07) is 5.78. The van der Waals surface area contributed by atoms with Gasteiger partial charge in [0.05, 0.1) is 5.69 Å². The third kappa shape index (κ3) is 3.71. The second-order valence-corrected chi connectivity index (χ2v) is 7.74. The Labute approximate surface area is 116 Å². The number of halogens is 1. The first-order chi connectivity index (χ1) is 8.67. The summed E-state index contributed by atoms with van der Waals surface area (Å²) < 4.78 is 13.9. The summed E-state index contributed by atoms with van der Waals surface area (Å²) in [4.78, 5) is 0. The van der Waals surface area contributed by atoms with Gasteiger partial charge in [0.15, 0.2) is 0 Å². The molecular weight excluding hydrogens is 237 g/mol. The zero-order valence-corrected chi connectivity index (χ0v) is 12.8. The van der Waals surface area contributed by atoms with Crippen LogP contribution >= 0.6 is 0 Å². The predicted molar refractivity (Wildman–Crippen MR) is 80.0 cm³/mol. The van der Waals surface area contributed by atoms with Crippen LogP contribution in [0.5, 0.6) is 0 Å². The van der Waals surface area contributed by atoms with Gasteiger partial charge in [-0.2, -0.15) is 0 Å². The minimum Gasteiger partial charge on any atom is -0.380 e. The molecular formula is C17H26FN. The zero-order chi connectivity index (χ0) is 14.3. The summed E-state index contributed by atoms with van der Waals surface area (Å²) in [6.07, 6.45) is 3.43. The highest BCUT2D eigenvalue weighted by molar-refractivity contribution is 5.47. The van der Waals surface area contributed by atoms with Crippen molar-refractivity contribution in [2.75, 3.05) is 5.32 Å². The highest BCUT2D eigenvalue weighted by atomic mass is 19.1. The molecule has 0 aliphatic heterocycles. The lowest BCUT2D eigenvalue weighted by molar-refractivity contribution is 0.105. The molecule has 0 aromatic heterocycles. The summed E-state index contributed by atoms with van der Waals surface area (Å²) in [5.41, 5.74) is 2.25. The lowest BCUT2D eigenvalue weighted by Gasteiger charge is -2.45. The highest BCUT2D eigenvalue weighted by Crippen LogP contribution is 2.46. The molecule has 1 aromatic carbocycles. The van der Waals surface area contributed by atoms with Crippen LogP contribution in [0.1, 0.15) is 52.5 Å². The number of nitrogens with one attached hydrogen (secondary N) is 1. The van der Waals surface area contributed by atoms with Crippen LogP contribution < -0.4 is 5.32 Å². The Kier molecular flexibility index (Phi) is 3.63. The topological polar surface area (TPSA) is 12.0 Å². The normalized spacial score (nSPS) is 22.2. The van der Waals surface area contributed by atoms with Crippen LogP contribution in [0.4, 0.5) is 10.1 Å². The Morgan fingerprint density at radius 1 is 1.11 bits per heavy atom. The average Bonchev–Trinajstić information content (AvgIpc) is 2.17. The van der Waals surface area contributed by atoms with Crippen molar-refractivity contribution >= 4 is 5.69 Å². The number of hydrogen-bond acceptors (Lipinski definition) is 1. The lowest BCUT2D eigenvalue weighted by Crippen LogP contribution is -2.40. The molecule has 1 saturated carbocycles. The Morgan fingerprint density at radius 2 is 1.68 bits per heavy atom. The summed E-state index contributed by atoms with van der Waals surface area (Å²) in [7, 11) is 0. The van der Waals surface area contributed by atoms with Crippen LogP contribution in [-0.2, 0) is 0 Å². The second-order valence-electron chi connectivity index (χ2n) is 7.74. The molecule has 1 nitrogen and oxygen atoms in total. The van der Waals surface area contributed by atoms with Crippen LogP contribution in [-0.4, -0.2) is 6.04 Å². The van der Waals surface area contributed by atoms with Crippen molar-refractivity contribution in [3.8, 4) is 0 Å². The van der Waals surface area contributed by atoms with Gasteiger partial charge in [0.25, 0.3) is 0 Å². The number of benzene rings is 1. The standard InChI is InChI=1S/C17H26FN/c1-12-6-7-15(14(18)8-12)19-13-9-16(2,3)11-17(4,5)10-13/h6-8,13,19H,9-11H2,1-5H3. The van der Waals surface area contributed by atoms with E-state index in [0.29, 0.717) is 22.6 Å². The maximum Gasteiger partial charge on any atom is 0.146 e. The first-order valence-corrected chi connectivity index (χ1v) is 7.20. The van der Waals surface area contributed by atoms with Crippen molar-refractivity contribution in [2.24, 2.45) is 10.8 Å². The third-order valence-electron chi connectivity index (χ3n) is 4.04. The number of anilines is 1. The van der Waals surface area contributed by atoms with Gasteiger partial charge in [0.1, 0.15) is 5.82 Å². The molecule has 0 radical (unpaired) electrons. The maximum absolute atomic E-state index is 13.9. The zero-order valence-electron chi connectivity index (χ0n) is 12.8. The van der Waals surface area contributed by atoms with Gasteiger partial charge >= 0.3 is 0 Å². The van der Waals surface area contributed by atoms with Gasteiger partial charge in [0.2, 0.25) is 0 Å². The molecule has 1 N–H and O–H groups in total.